The molecule has 0 aliphatic heterocycles. The van der Waals surface area contributed by atoms with E-state index >= 15 is 0 Å². The summed E-state index contributed by atoms with van der Waals surface area (Å²) in [5.41, 5.74) is 3.36. The highest BCUT2D eigenvalue weighted by atomic mass is 19.2. The summed E-state index contributed by atoms with van der Waals surface area (Å²) < 4.78 is 25.2. The molecule has 0 nitrogen and oxygen atoms in total. The zero-order chi connectivity index (χ0) is 13.7. The van der Waals surface area contributed by atoms with Crippen LogP contribution in [0.2, 0.25) is 0 Å². The second-order valence-corrected chi connectivity index (χ2v) is 4.48. The number of rotatable bonds is 0. The first-order valence-corrected chi connectivity index (χ1v) is 5.86. The van der Waals surface area contributed by atoms with Crippen LogP contribution in [-0.2, 0) is 0 Å². The van der Waals surface area contributed by atoms with Crippen molar-refractivity contribution in [3.05, 3.63) is 70.3 Å². The molecule has 0 spiro atoms. The predicted octanol–water partition coefficient (Wildman–Crippen LogP) is 4.89. The molecule has 0 aliphatic rings. The van der Waals surface area contributed by atoms with Gasteiger partial charge < -0.3 is 0 Å². The van der Waals surface area contributed by atoms with Crippen LogP contribution in [0.5, 0.6) is 0 Å². The van der Waals surface area contributed by atoms with Crippen molar-refractivity contribution < 1.29 is 8.78 Å². The first kappa shape index (κ1) is 14.4. The van der Waals surface area contributed by atoms with E-state index in [1.807, 2.05) is 0 Å². The summed E-state index contributed by atoms with van der Waals surface area (Å²) in [4.78, 5) is 0. The third kappa shape index (κ3) is 3.95. The monoisotopic (exact) mass is 248 g/mol. The summed E-state index contributed by atoms with van der Waals surface area (Å²) in [5.74, 6) is -1.47. The lowest BCUT2D eigenvalue weighted by Gasteiger charge is -1.99. The summed E-state index contributed by atoms with van der Waals surface area (Å²) in [7, 11) is 0. The first-order valence-electron chi connectivity index (χ1n) is 5.86. The molecule has 2 rings (SSSR count). The van der Waals surface area contributed by atoms with Crippen LogP contribution in [0, 0.1) is 39.3 Å². The quantitative estimate of drug-likeness (QED) is 0.623. The second kappa shape index (κ2) is 6.29. The molecule has 0 radical (unpaired) electrons. The van der Waals surface area contributed by atoms with E-state index in [0.29, 0.717) is 11.1 Å². The maximum atomic E-state index is 12.6. The van der Waals surface area contributed by atoms with Gasteiger partial charge in [0, 0.05) is 0 Å². The lowest BCUT2D eigenvalue weighted by molar-refractivity contribution is 0.497. The molecule has 0 aromatic heterocycles. The molecule has 0 aliphatic carbocycles. The first-order chi connectivity index (χ1) is 8.41. The van der Waals surface area contributed by atoms with Crippen molar-refractivity contribution in [2.75, 3.05) is 0 Å². The standard InChI is InChI=1S/C8H8F2.C8H10/c1-5-3-4-6(2)8(10)7(5)9;1-7-3-5-8(2)6-4-7/h3-4H,1-2H3;3-6H,1-2H3. The Morgan fingerprint density at radius 3 is 1.11 bits per heavy atom. The highest BCUT2D eigenvalue weighted by molar-refractivity contribution is 5.24. The Labute approximate surface area is 107 Å². The minimum absolute atomic E-state index is 0.350. The molecule has 0 bridgehead atoms. The van der Waals surface area contributed by atoms with Crippen molar-refractivity contribution in [1.29, 1.82) is 0 Å². The molecule has 2 aromatic rings. The molecule has 0 fully saturated rings. The minimum atomic E-state index is -0.736. The fourth-order valence-corrected chi connectivity index (χ4v) is 1.38. The molecular weight excluding hydrogens is 230 g/mol. The van der Waals surface area contributed by atoms with Crippen LogP contribution in [0.3, 0.4) is 0 Å². The molecular formula is C16H18F2. The average Bonchev–Trinajstić information content (AvgIpc) is 2.36. The molecule has 0 saturated carbocycles. The van der Waals surface area contributed by atoms with Gasteiger partial charge in [0.2, 0.25) is 0 Å². The van der Waals surface area contributed by atoms with Gasteiger partial charge in [-0.1, -0.05) is 47.5 Å². The normalized spacial score (nSPS) is 9.67. The van der Waals surface area contributed by atoms with Crippen molar-refractivity contribution in [2.24, 2.45) is 0 Å². The van der Waals surface area contributed by atoms with Crippen LogP contribution < -0.4 is 0 Å². The number of aryl methyl sites for hydroxylation is 4. The molecule has 0 saturated heterocycles. The third-order valence-electron chi connectivity index (χ3n) is 2.69. The van der Waals surface area contributed by atoms with Gasteiger partial charge in [-0.3, -0.25) is 0 Å². The van der Waals surface area contributed by atoms with Crippen molar-refractivity contribution in [2.45, 2.75) is 27.7 Å². The number of hydrogen-bond acceptors (Lipinski definition) is 0. The Hall–Kier alpha value is -1.70. The predicted molar refractivity (Wildman–Crippen MR) is 71.7 cm³/mol. The van der Waals surface area contributed by atoms with Gasteiger partial charge in [0.1, 0.15) is 0 Å². The number of benzene rings is 2. The van der Waals surface area contributed by atoms with Crippen LogP contribution in [0.4, 0.5) is 8.78 Å². The average molecular weight is 248 g/mol. The van der Waals surface area contributed by atoms with Crippen LogP contribution in [-0.4, -0.2) is 0 Å². The molecule has 0 amide bonds. The lowest BCUT2D eigenvalue weighted by atomic mass is 10.1. The fourth-order valence-electron chi connectivity index (χ4n) is 1.38. The molecule has 18 heavy (non-hydrogen) atoms. The minimum Gasteiger partial charge on any atom is -0.203 e. The lowest BCUT2D eigenvalue weighted by Crippen LogP contribution is -1.91. The topological polar surface area (TPSA) is 0 Å². The Bertz CT molecular complexity index is 465. The van der Waals surface area contributed by atoms with Gasteiger partial charge >= 0.3 is 0 Å². The summed E-state index contributed by atoms with van der Waals surface area (Å²) in [6, 6.07) is 11.6. The van der Waals surface area contributed by atoms with E-state index in [1.165, 1.54) is 25.0 Å². The van der Waals surface area contributed by atoms with Crippen LogP contribution in [0.15, 0.2) is 36.4 Å². The van der Waals surface area contributed by atoms with E-state index in [1.54, 1.807) is 12.1 Å². The summed E-state index contributed by atoms with van der Waals surface area (Å²) in [5, 5.41) is 0. The smallest absolute Gasteiger partial charge is 0.161 e. The summed E-state index contributed by atoms with van der Waals surface area (Å²) >= 11 is 0. The van der Waals surface area contributed by atoms with Crippen molar-refractivity contribution >= 4 is 0 Å². The van der Waals surface area contributed by atoms with E-state index in [-0.39, 0.29) is 0 Å². The molecule has 0 heterocycles. The largest absolute Gasteiger partial charge is 0.203 e. The molecule has 0 unspecified atom stereocenters. The van der Waals surface area contributed by atoms with Gasteiger partial charge in [-0.25, -0.2) is 8.78 Å². The highest BCUT2D eigenvalue weighted by Gasteiger charge is 2.05. The Morgan fingerprint density at radius 2 is 0.833 bits per heavy atom. The van der Waals surface area contributed by atoms with Gasteiger partial charge in [-0.15, -0.1) is 0 Å². The third-order valence-corrected chi connectivity index (χ3v) is 2.69. The zero-order valence-corrected chi connectivity index (χ0v) is 11.2. The van der Waals surface area contributed by atoms with Gasteiger partial charge in [0.25, 0.3) is 0 Å². The van der Waals surface area contributed by atoms with Gasteiger partial charge in [-0.2, -0.15) is 0 Å². The fraction of sp³-hybridized carbons (Fsp3) is 0.250. The maximum Gasteiger partial charge on any atom is 0.161 e. The van der Waals surface area contributed by atoms with E-state index in [9.17, 15) is 8.78 Å². The van der Waals surface area contributed by atoms with Crippen molar-refractivity contribution in [3.63, 3.8) is 0 Å². The van der Waals surface area contributed by atoms with Crippen LogP contribution in [0.25, 0.3) is 0 Å². The zero-order valence-electron chi connectivity index (χ0n) is 11.2. The maximum absolute atomic E-state index is 12.6. The number of halogens is 2. The molecule has 96 valence electrons. The highest BCUT2D eigenvalue weighted by Crippen LogP contribution is 2.13. The number of hydrogen-bond donors (Lipinski definition) is 0. The Kier molecular flexibility index (Phi) is 5.02. The van der Waals surface area contributed by atoms with Gasteiger partial charge in [0.15, 0.2) is 11.6 Å². The summed E-state index contributed by atoms with van der Waals surface area (Å²) in [6.45, 7) is 7.27. The van der Waals surface area contributed by atoms with E-state index < -0.39 is 11.6 Å². The van der Waals surface area contributed by atoms with E-state index in [0.717, 1.165) is 0 Å². The molecule has 0 N–H and O–H groups in total. The van der Waals surface area contributed by atoms with Crippen molar-refractivity contribution in [3.8, 4) is 0 Å². The summed E-state index contributed by atoms with van der Waals surface area (Å²) in [6.07, 6.45) is 0. The Balaban J connectivity index is 0.000000184. The van der Waals surface area contributed by atoms with E-state index in [4.69, 9.17) is 0 Å². The van der Waals surface area contributed by atoms with Gasteiger partial charge in [-0.05, 0) is 38.8 Å². The molecule has 2 aromatic carbocycles. The van der Waals surface area contributed by atoms with Crippen LogP contribution in [0.1, 0.15) is 22.3 Å². The van der Waals surface area contributed by atoms with Crippen LogP contribution >= 0.6 is 0 Å². The SMILES string of the molecule is Cc1ccc(C)c(F)c1F.Cc1ccc(C)cc1. The van der Waals surface area contributed by atoms with E-state index in [2.05, 4.69) is 38.1 Å². The second-order valence-electron chi connectivity index (χ2n) is 4.48. The van der Waals surface area contributed by atoms with Gasteiger partial charge in [0.05, 0.1) is 0 Å². The molecule has 2 heteroatoms. The molecule has 0 atom stereocenters. The Morgan fingerprint density at radius 1 is 0.556 bits per heavy atom. The van der Waals surface area contributed by atoms with Crippen molar-refractivity contribution in [1.82, 2.24) is 0 Å².